The Bertz CT molecular complexity index is 743. The highest BCUT2D eigenvalue weighted by atomic mass is 19.1. The van der Waals surface area contributed by atoms with E-state index in [9.17, 15) is 4.39 Å². The van der Waals surface area contributed by atoms with E-state index in [4.69, 9.17) is 4.74 Å². The SMILES string of the molecule is COc1ncccc1-c1cnc2cccc(F)c2c1. The van der Waals surface area contributed by atoms with Crippen molar-refractivity contribution in [3.8, 4) is 17.0 Å². The molecule has 3 aromatic rings. The summed E-state index contributed by atoms with van der Waals surface area (Å²) in [4.78, 5) is 8.40. The van der Waals surface area contributed by atoms with Gasteiger partial charge in [-0.1, -0.05) is 6.07 Å². The molecule has 0 atom stereocenters. The van der Waals surface area contributed by atoms with Crippen LogP contribution in [0.1, 0.15) is 0 Å². The van der Waals surface area contributed by atoms with E-state index >= 15 is 0 Å². The summed E-state index contributed by atoms with van der Waals surface area (Å²) < 4.78 is 19.0. The number of fused-ring (bicyclic) bond motifs is 1. The Hall–Kier alpha value is -2.49. The third kappa shape index (κ3) is 2.01. The molecule has 0 N–H and O–H groups in total. The van der Waals surface area contributed by atoms with Gasteiger partial charge in [-0.2, -0.15) is 0 Å². The van der Waals surface area contributed by atoms with Gasteiger partial charge in [0.15, 0.2) is 0 Å². The highest BCUT2D eigenvalue weighted by Gasteiger charge is 2.09. The first-order valence-electron chi connectivity index (χ1n) is 5.83. The van der Waals surface area contributed by atoms with Crippen LogP contribution in [0.5, 0.6) is 5.88 Å². The summed E-state index contributed by atoms with van der Waals surface area (Å²) in [6.45, 7) is 0. The molecule has 94 valence electrons. The van der Waals surface area contributed by atoms with Crippen LogP contribution in [0.3, 0.4) is 0 Å². The van der Waals surface area contributed by atoms with Gasteiger partial charge in [-0.15, -0.1) is 0 Å². The number of hydrogen-bond donors (Lipinski definition) is 0. The largest absolute Gasteiger partial charge is 0.481 e. The number of halogens is 1. The summed E-state index contributed by atoms with van der Waals surface area (Å²) in [5, 5.41) is 0.492. The van der Waals surface area contributed by atoms with Crippen molar-refractivity contribution in [2.24, 2.45) is 0 Å². The van der Waals surface area contributed by atoms with E-state index in [0.717, 1.165) is 11.1 Å². The van der Waals surface area contributed by atoms with Gasteiger partial charge in [-0.05, 0) is 30.3 Å². The molecule has 0 radical (unpaired) electrons. The molecular formula is C15H11FN2O. The number of aromatic nitrogens is 2. The topological polar surface area (TPSA) is 35.0 Å². The predicted molar refractivity (Wildman–Crippen MR) is 71.5 cm³/mol. The maximum atomic E-state index is 13.8. The summed E-state index contributed by atoms with van der Waals surface area (Å²) in [6, 6.07) is 10.3. The first-order chi connectivity index (χ1) is 9.29. The monoisotopic (exact) mass is 254 g/mol. The van der Waals surface area contributed by atoms with Crippen LogP contribution in [0.2, 0.25) is 0 Å². The smallest absolute Gasteiger partial charge is 0.221 e. The summed E-state index contributed by atoms with van der Waals surface area (Å²) in [5.74, 6) is 0.217. The predicted octanol–water partition coefficient (Wildman–Crippen LogP) is 3.44. The number of benzene rings is 1. The molecule has 3 rings (SSSR count). The lowest BCUT2D eigenvalue weighted by Gasteiger charge is -2.07. The van der Waals surface area contributed by atoms with Crippen molar-refractivity contribution in [3.63, 3.8) is 0 Å². The number of hydrogen-bond acceptors (Lipinski definition) is 3. The Kier molecular flexibility index (Phi) is 2.83. The number of nitrogens with zero attached hydrogens (tertiary/aromatic N) is 2. The molecule has 3 nitrogen and oxygen atoms in total. The first-order valence-corrected chi connectivity index (χ1v) is 5.83. The molecule has 2 aromatic heterocycles. The van der Waals surface area contributed by atoms with Crippen molar-refractivity contribution in [1.82, 2.24) is 9.97 Å². The van der Waals surface area contributed by atoms with Gasteiger partial charge in [0.05, 0.1) is 12.6 Å². The first kappa shape index (κ1) is 11.6. The van der Waals surface area contributed by atoms with E-state index < -0.39 is 0 Å². The second-order valence-corrected chi connectivity index (χ2v) is 4.09. The summed E-state index contributed by atoms with van der Waals surface area (Å²) in [5.41, 5.74) is 2.21. The average molecular weight is 254 g/mol. The van der Waals surface area contributed by atoms with Crippen LogP contribution in [-0.4, -0.2) is 17.1 Å². The van der Waals surface area contributed by atoms with Crippen LogP contribution in [0.4, 0.5) is 4.39 Å². The molecule has 0 aliphatic heterocycles. The van der Waals surface area contributed by atoms with Gasteiger partial charge >= 0.3 is 0 Å². The van der Waals surface area contributed by atoms with E-state index in [0.29, 0.717) is 16.8 Å². The fourth-order valence-corrected chi connectivity index (χ4v) is 2.03. The van der Waals surface area contributed by atoms with Crippen LogP contribution in [-0.2, 0) is 0 Å². The molecule has 1 aromatic carbocycles. The third-order valence-electron chi connectivity index (χ3n) is 2.95. The van der Waals surface area contributed by atoms with Crippen molar-refractivity contribution in [3.05, 3.63) is 54.6 Å². The van der Waals surface area contributed by atoms with Crippen LogP contribution in [0.25, 0.3) is 22.0 Å². The van der Waals surface area contributed by atoms with Gasteiger partial charge in [-0.3, -0.25) is 4.98 Å². The number of ether oxygens (including phenoxy) is 1. The van der Waals surface area contributed by atoms with Crippen LogP contribution in [0.15, 0.2) is 48.8 Å². The molecule has 0 bridgehead atoms. The molecule has 19 heavy (non-hydrogen) atoms. The highest BCUT2D eigenvalue weighted by molar-refractivity contribution is 5.84. The molecule has 2 heterocycles. The minimum atomic E-state index is -0.283. The normalized spacial score (nSPS) is 10.6. The Balaban J connectivity index is 2.23. The Morgan fingerprint density at radius 1 is 1.11 bits per heavy atom. The van der Waals surface area contributed by atoms with Gasteiger partial charge in [0.2, 0.25) is 5.88 Å². The molecular weight excluding hydrogens is 243 g/mol. The molecule has 0 saturated heterocycles. The van der Waals surface area contributed by atoms with Crippen LogP contribution < -0.4 is 4.74 Å². The third-order valence-corrected chi connectivity index (χ3v) is 2.95. The molecule has 0 aliphatic carbocycles. The molecule has 0 fully saturated rings. The minimum Gasteiger partial charge on any atom is -0.481 e. The highest BCUT2D eigenvalue weighted by Crippen LogP contribution is 2.29. The fourth-order valence-electron chi connectivity index (χ4n) is 2.03. The molecule has 0 unspecified atom stereocenters. The van der Waals surface area contributed by atoms with E-state index in [2.05, 4.69) is 9.97 Å². The molecule has 4 heteroatoms. The lowest BCUT2D eigenvalue weighted by atomic mass is 10.1. The molecule has 0 amide bonds. The standard InChI is InChI=1S/C15H11FN2O/c1-19-15-11(4-3-7-17-15)10-8-12-13(16)5-2-6-14(12)18-9-10/h2-9H,1H3. The van der Waals surface area contributed by atoms with Gasteiger partial charge in [0.25, 0.3) is 0 Å². The average Bonchev–Trinajstić information content (AvgIpc) is 2.47. The fraction of sp³-hybridized carbons (Fsp3) is 0.0667. The van der Waals surface area contributed by atoms with Crippen molar-refractivity contribution in [2.75, 3.05) is 7.11 Å². The van der Waals surface area contributed by atoms with E-state index in [-0.39, 0.29) is 5.82 Å². The molecule has 0 saturated carbocycles. The summed E-state index contributed by atoms with van der Waals surface area (Å²) >= 11 is 0. The quantitative estimate of drug-likeness (QED) is 0.702. The van der Waals surface area contributed by atoms with Crippen molar-refractivity contribution >= 4 is 10.9 Å². The summed E-state index contributed by atoms with van der Waals surface area (Å²) in [7, 11) is 1.56. The van der Waals surface area contributed by atoms with Gasteiger partial charge < -0.3 is 4.74 Å². The number of methoxy groups -OCH3 is 1. The maximum Gasteiger partial charge on any atom is 0.221 e. The minimum absolute atomic E-state index is 0.283. The summed E-state index contributed by atoms with van der Waals surface area (Å²) in [6.07, 6.45) is 3.35. The second kappa shape index (κ2) is 4.65. The Morgan fingerprint density at radius 3 is 2.84 bits per heavy atom. The number of rotatable bonds is 2. The van der Waals surface area contributed by atoms with Crippen molar-refractivity contribution in [2.45, 2.75) is 0 Å². The van der Waals surface area contributed by atoms with E-state index in [1.165, 1.54) is 6.07 Å². The Morgan fingerprint density at radius 2 is 2.00 bits per heavy atom. The zero-order valence-electron chi connectivity index (χ0n) is 10.3. The Labute approximate surface area is 109 Å². The zero-order chi connectivity index (χ0) is 13.2. The van der Waals surface area contributed by atoms with Crippen molar-refractivity contribution in [1.29, 1.82) is 0 Å². The van der Waals surface area contributed by atoms with Crippen LogP contribution in [0, 0.1) is 5.82 Å². The van der Waals surface area contributed by atoms with Crippen molar-refractivity contribution < 1.29 is 9.13 Å². The number of pyridine rings is 2. The second-order valence-electron chi connectivity index (χ2n) is 4.09. The van der Waals surface area contributed by atoms with Gasteiger partial charge in [0, 0.05) is 28.9 Å². The zero-order valence-corrected chi connectivity index (χ0v) is 10.3. The van der Waals surface area contributed by atoms with Crippen LogP contribution >= 0.6 is 0 Å². The maximum absolute atomic E-state index is 13.8. The van der Waals surface area contributed by atoms with E-state index in [1.807, 2.05) is 12.1 Å². The lowest BCUT2D eigenvalue weighted by molar-refractivity contribution is 0.399. The molecule has 0 aliphatic rings. The lowest BCUT2D eigenvalue weighted by Crippen LogP contribution is -1.92. The van der Waals surface area contributed by atoms with Gasteiger partial charge in [0.1, 0.15) is 5.82 Å². The van der Waals surface area contributed by atoms with E-state index in [1.54, 1.807) is 37.7 Å². The van der Waals surface area contributed by atoms with Gasteiger partial charge in [-0.25, -0.2) is 9.37 Å². The molecule has 0 spiro atoms.